The Hall–Kier alpha value is -5.86. The summed E-state index contributed by atoms with van der Waals surface area (Å²) in [4.78, 5) is 2.42. The molecule has 1 aromatic heterocycles. The summed E-state index contributed by atoms with van der Waals surface area (Å²) in [5, 5.41) is 3.71. The Labute approximate surface area is 275 Å². The number of fused-ring (bicyclic) bond motifs is 5. The normalized spacial score (nSPS) is 13.1. The maximum Gasteiger partial charge on any atom is 0.0540 e. The van der Waals surface area contributed by atoms with Crippen LogP contribution in [-0.4, -0.2) is 4.57 Å². The number of benzene rings is 7. The van der Waals surface area contributed by atoms with Gasteiger partial charge >= 0.3 is 0 Å². The van der Waals surface area contributed by atoms with Crippen LogP contribution in [-0.2, 0) is 5.41 Å². The van der Waals surface area contributed by atoms with Crippen molar-refractivity contribution in [2.24, 2.45) is 0 Å². The molecule has 0 saturated heterocycles. The lowest BCUT2D eigenvalue weighted by Gasteiger charge is -2.29. The summed E-state index contributed by atoms with van der Waals surface area (Å²) in [6.45, 7) is 4.70. The highest BCUT2D eigenvalue weighted by atomic mass is 15.1. The molecule has 0 atom stereocenters. The van der Waals surface area contributed by atoms with Gasteiger partial charge in [-0.1, -0.05) is 123 Å². The van der Waals surface area contributed by atoms with E-state index < -0.39 is 0 Å². The van der Waals surface area contributed by atoms with Crippen molar-refractivity contribution in [2.75, 3.05) is 4.90 Å². The van der Waals surface area contributed by atoms with Crippen molar-refractivity contribution in [3.63, 3.8) is 0 Å². The first-order valence-electron chi connectivity index (χ1n) is 16.4. The van der Waals surface area contributed by atoms with Crippen molar-refractivity contribution < 1.29 is 0 Å². The average molecular weight is 603 g/mol. The molecule has 0 unspecified atom stereocenters. The Morgan fingerprint density at radius 3 is 1.96 bits per heavy atom. The van der Waals surface area contributed by atoms with Crippen LogP contribution in [0.25, 0.3) is 49.6 Å². The van der Waals surface area contributed by atoms with Gasteiger partial charge in [0.15, 0.2) is 0 Å². The van der Waals surface area contributed by atoms with Gasteiger partial charge in [0.1, 0.15) is 0 Å². The van der Waals surface area contributed by atoms with Gasteiger partial charge in [-0.25, -0.2) is 0 Å². The van der Waals surface area contributed by atoms with E-state index in [1.165, 1.54) is 60.7 Å². The summed E-state index contributed by atoms with van der Waals surface area (Å²) in [5.41, 5.74) is 13.6. The minimum absolute atomic E-state index is 0.0741. The van der Waals surface area contributed by atoms with Gasteiger partial charge in [-0.05, 0) is 98.8 Å². The first-order chi connectivity index (χ1) is 23.1. The zero-order valence-electron chi connectivity index (χ0n) is 26.6. The highest BCUT2D eigenvalue weighted by Gasteiger charge is 2.35. The largest absolute Gasteiger partial charge is 0.317 e. The minimum Gasteiger partial charge on any atom is -0.317 e. The average Bonchev–Trinajstić information content (AvgIpc) is 3.65. The summed E-state index contributed by atoms with van der Waals surface area (Å²) in [6.07, 6.45) is 2.15. The maximum atomic E-state index is 2.42. The number of rotatable bonds is 5. The van der Waals surface area contributed by atoms with Crippen LogP contribution < -0.4 is 4.90 Å². The lowest BCUT2D eigenvalue weighted by Crippen LogP contribution is -2.16. The minimum atomic E-state index is -0.0741. The summed E-state index contributed by atoms with van der Waals surface area (Å²) in [5.74, 6) is 0. The second-order valence-electron chi connectivity index (χ2n) is 13.1. The van der Waals surface area contributed by atoms with Gasteiger partial charge in [-0.3, -0.25) is 0 Å². The van der Waals surface area contributed by atoms with Crippen LogP contribution in [0.4, 0.5) is 17.1 Å². The van der Waals surface area contributed by atoms with Crippen molar-refractivity contribution in [3.05, 3.63) is 181 Å². The van der Waals surface area contributed by atoms with E-state index in [0.29, 0.717) is 0 Å². The van der Waals surface area contributed by atoms with Crippen LogP contribution in [0, 0.1) is 0 Å². The van der Waals surface area contributed by atoms with Gasteiger partial charge < -0.3 is 9.47 Å². The summed E-state index contributed by atoms with van der Waals surface area (Å²) in [7, 11) is 0. The van der Waals surface area contributed by atoms with Crippen molar-refractivity contribution in [2.45, 2.75) is 19.3 Å². The van der Waals surface area contributed by atoms with Crippen molar-refractivity contribution in [1.82, 2.24) is 4.57 Å². The molecule has 0 aliphatic heterocycles. The monoisotopic (exact) mass is 602 g/mol. The van der Waals surface area contributed by atoms with Gasteiger partial charge in [0, 0.05) is 34.1 Å². The molecule has 9 rings (SSSR count). The first kappa shape index (κ1) is 27.5. The number of hydrogen-bond acceptors (Lipinski definition) is 1. The molecule has 2 nitrogen and oxygen atoms in total. The molecule has 2 heteroatoms. The zero-order chi connectivity index (χ0) is 31.5. The van der Waals surface area contributed by atoms with E-state index in [4.69, 9.17) is 0 Å². The highest BCUT2D eigenvalue weighted by Crippen LogP contribution is 2.51. The smallest absolute Gasteiger partial charge is 0.0540 e. The lowest BCUT2D eigenvalue weighted by molar-refractivity contribution is 0.660. The molecule has 7 aromatic carbocycles. The molecular formula is C45H34N2. The molecule has 0 N–H and O–H groups in total. The van der Waals surface area contributed by atoms with Crippen LogP contribution in [0.5, 0.6) is 0 Å². The predicted molar refractivity (Wildman–Crippen MR) is 198 cm³/mol. The van der Waals surface area contributed by atoms with Crippen molar-refractivity contribution >= 4 is 38.7 Å². The quantitative estimate of drug-likeness (QED) is 0.190. The third-order valence-electron chi connectivity index (χ3n) is 10.0. The molecule has 224 valence electrons. The Bertz CT molecular complexity index is 2420. The standard InChI is InChI=1S/C45H34N2/c1-45(2)41-15-7-6-14-39(41)40-27-26-37(30-42(40)45)47(44-17-9-12-33-10-3-5-13-38(33)44)36-24-20-32(21-25-36)31-18-22-35(23-19-31)46-29-28-34-11-4-8-16-43(34)46/h3-30H,1-2H3. The van der Waals surface area contributed by atoms with E-state index in [1.54, 1.807) is 0 Å². The van der Waals surface area contributed by atoms with Gasteiger partial charge in [-0.15, -0.1) is 0 Å². The third-order valence-corrected chi connectivity index (χ3v) is 10.0. The molecule has 0 bridgehead atoms. The van der Waals surface area contributed by atoms with E-state index in [9.17, 15) is 0 Å². The van der Waals surface area contributed by atoms with Gasteiger partial charge in [0.25, 0.3) is 0 Å². The van der Waals surface area contributed by atoms with Crippen LogP contribution in [0.2, 0.25) is 0 Å². The fourth-order valence-electron chi connectivity index (χ4n) is 7.59. The molecule has 0 saturated carbocycles. The van der Waals surface area contributed by atoms with Crippen LogP contribution in [0.15, 0.2) is 170 Å². The lowest BCUT2D eigenvalue weighted by atomic mass is 9.82. The Morgan fingerprint density at radius 1 is 0.489 bits per heavy atom. The number of para-hydroxylation sites is 1. The first-order valence-corrected chi connectivity index (χ1v) is 16.4. The summed E-state index contributed by atoms with van der Waals surface area (Å²) < 4.78 is 2.25. The predicted octanol–water partition coefficient (Wildman–Crippen LogP) is 12.2. The second kappa shape index (κ2) is 10.6. The molecule has 1 aliphatic carbocycles. The molecule has 0 amide bonds. The summed E-state index contributed by atoms with van der Waals surface area (Å²) >= 11 is 0. The SMILES string of the molecule is CC1(C)c2ccccc2-c2ccc(N(c3ccc(-c4ccc(-n5ccc6ccccc65)cc4)cc3)c3cccc4ccccc34)cc21. The molecule has 0 radical (unpaired) electrons. The second-order valence-corrected chi connectivity index (χ2v) is 13.1. The Morgan fingerprint density at radius 2 is 1.13 bits per heavy atom. The molecule has 8 aromatic rings. The highest BCUT2D eigenvalue weighted by molar-refractivity contribution is 5.99. The van der Waals surface area contributed by atoms with E-state index in [0.717, 1.165) is 17.1 Å². The molecular weight excluding hydrogens is 569 g/mol. The fourth-order valence-corrected chi connectivity index (χ4v) is 7.59. The molecule has 0 spiro atoms. The molecule has 47 heavy (non-hydrogen) atoms. The Kier molecular flexibility index (Phi) is 6.20. The molecule has 1 aliphatic rings. The van der Waals surface area contributed by atoms with Crippen molar-refractivity contribution in [3.8, 4) is 27.9 Å². The van der Waals surface area contributed by atoms with Gasteiger partial charge in [0.2, 0.25) is 0 Å². The molecule has 1 heterocycles. The number of nitrogens with zero attached hydrogens (tertiary/aromatic N) is 2. The summed E-state index contributed by atoms with van der Waals surface area (Å²) in [6, 6.07) is 59.7. The maximum absolute atomic E-state index is 2.42. The Balaban J connectivity index is 1.12. The number of aromatic nitrogens is 1. The van der Waals surface area contributed by atoms with E-state index in [-0.39, 0.29) is 5.41 Å². The topological polar surface area (TPSA) is 8.17 Å². The van der Waals surface area contributed by atoms with E-state index >= 15 is 0 Å². The molecule has 0 fully saturated rings. The van der Waals surface area contributed by atoms with Gasteiger partial charge in [-0.2, -0.15) is 0 Å². The van der Waals surface area contributed by atoms with E-state index in [1.807, 2.05) is 0 Å². The fraction of sp³-hybridized carbons (Fsp3) is 0.0667. The number of anilines is 3. The zero-order valence-corrected chi connectivity index (χ0v) is 26.6. The van der Waals surface area contributed by atoms with Crippen molar-refractivity contribution in [1.29, 1.82) is 0 Å². The van der Waals surface area contributed by atoms with Gasteiger partial charge in [0.05, 0.1) is 11.2 Å². The van der Waals surface area contributed by atoms with Crippen LogP contribution >= 0.6 is 0 Å². The van der Waals surface area contributed by atoms with Crippen LogP contribution in [0.1, 0.15) is 25.0 Å². The van der Waals surface area contributed by atoms with E-state index in [2.05, 4.69) is 193 Å². The van der Waals surface area contributed by atoms with Crippen LogP contribution in [0.3, 0.4) is 0 Å². The number of hydrogen-bond donors (Lipinski definition) is 0. The third kappa shape index (κ3) is 4.40.